The normalized spacial score (nSPS) is 14.5. The molecule has 0 amide bonds. The first-order valence-corrected chi connectivity index (χ1v) is 15.5. The van der Waals surface area contributed by atoms with E-state index in [0.29, 0.717) is 5.82 Å². The monoisotopic (exact) mass is 602 g/mol. The van der Waals surface area contributed by atoms with Crippen molar-refractivity contribution in [3.05, 3.63) is 81.7 Å². The molecule has 0 radical (unpaired) electrons. The number of aromatic nitrogens is 3. The van der Waals surface area contributed by atoms with Gasteiger partial charge in [0.1, 0.15) is 22.5 Å². The molecule has 0 aliphatic carbocycles. The molecule has 0 bridgehead atoms. The molecule has 4 aromatic rings. The summed E-state index contributed by atoms with van der Waals surface area (Å²) < 4.78 is 12.4. The number of carbonyl (C=O) groups is 2. The highest BCUT2D eigenvalue weighted by molar-refractivity contribution is 8.00. The maximum absolute atomic E-state index is 12.4. The van der Waals surface area contributed by atoms with Crippen LogP contribution in [-0.2, 0) is 19.1 Å². The fourth-order valence-corrected chi connectivity index (χ4v) is 6.73. The zero-order valence-electron chi connectivity index (χ0n) is 24.8. The molecule has 3 heterocycles. The van der Waals surface area contributed by atoms with Crippen LogP contribution in [0.2, 0.25) is 0 Å². The van der Waals surface area contributed by atoms with Gasteiger partial charge >= 0.3 is 11.9 Å². The zero-order chi connectivity index (χ0) is 30.2. The van der Waals surface area contributed by atoms with Crippen LogP contribution >= 0.6 is 23.1 Å². The van der Waals surface area contributed by atoms with E-state index in [2.05, 4.69) is 60.4 Å². The van der Waals surface area contributed by atoms with Crippen LogP contribution in [0.15, 0.2) is 58.4 Å². The van der Waals surface area contributed by atoms with Crippen LogP contribution in [0.25, 0.3) is 16.1 Å². The molecule has 8 nitrogen and oxygen atoms in total. The number of nitrogens with zero attached hydrogens (tertiary/aromatic N) is 4. The third-order valence-electron chi connectivity index (χ3n) is 6.95. The molecular formula is C32H34N4O4S2. The van der Waals surface area contributed by atoms with Gasteiger partial charge in [-0.2, -0.15) is 0 Å². The summed E-state index contributed by atoms with van der Waals surface area (Å²) in [4.78, 5) is 31.8. The lowest BCUT2D eigenvalue weighted by atomic mass is 9.97. The van der Waals surface area contributed by atoms with Gasteiger partial charge in [-0.3, -0.25) is 19.1 Å². The highest BCUT2D eigenvalue weighted by Gasteiger charge is 2.32. The van der Waals surface area contributed by atoms with E-state index in [1.165, 1.54) is 23.7 Å². The summed E-state index contributed by atoms with van der Waals surface area (Å²) in [5, 5.41) is 9.76. The van der Waals surface area contributed by atoms with Gasteiger partial charge in [0.25, 0.3) is 0 Å². The van der Waals surface area contributed by atoms with Gasteiger partial charge in [-0.15, -0.1) is 33.3 Å². The quantitative estimate of drug-likeness (QED) is 0.169. The fourth-order valence-electron chi connectivity index (χ4n) is 4.84. The number of hydrogen-bond donors (Lipinski definition) is 0. The van der Waals surface area contributed by atoms with Crippen molar-refractivity contribution in [1.29, 1.82) is 0 Å². The van der Waals surface area contributed by atoms with E-state index in [4.69, 9.17) is 14.5 Å². The lowest BCUT2D eigenvalue weighted by Crippen LogP contribution is -2.24. The Labute approximate surface area is 254 Å². The van der Waals surface area contributed by atoms with E-state index in [0.717, 1.165) is 49.2 Å². The smallest absolute Gasteiger partial charge is 0.316 e. The summed E-state index contributed by atoms with van der Waals surface area (Å²) in [6, 6.07) is 15.9. The Morgan fingerprint density at radius 3 is 2.17 bits per heavy atom. The summed E-state index contributed by atoms with van der Waals surface area (Å²) in [6.07, 6.45) is 0.0709. The number of thioether (sulfide) groups is 1. The van der Waals surface area contributed by atoms with Crippen LogP contribution in [-0.4, -0.2) is 50.9 Å². The second-order valence-electron chi connectivity index (χ2n) is 11.2. The van der Waals surface area contributed by atoms with Gasteiger partial charge in [-0.25, -0.2) is 0 Å². The maximum atomic E-state index is 12.4. The van der Waals surface area contributed by atoms with Crippen molar-refractivity contribution in [3.63, 3.8) is 0 Å². The molecule has 10 heteroatoms. The predicted octanol–water partition coefficient (Wildman–Crippen LogP) is 6.81. The van der Waals surface area contributed by atoms with Crippen molar-refractivity contribution in [2.45, 2.75) is 64.5 Å². The second kappa shape index (κ2) is 11.9. The molecule has 0 saturated heterocycles. The molecular weight excluding hydrogens is 569 g/mol. The average molecular weight is 603 g/mol. The van der Waals surface area contributed by atoms with E-state index in [9.17, 15) is 9.59 Å². The number of thiophene rings is 1. The lowest BCUT2D eigenvalue weighted by Gasteiger charge is -2.19. The third-order valence-corrected chi connectivity index (χ3v) is 9.13. The van der Waals surface area contributed by atoms with Crippen molar-refractivity contribution in [1.82, 2.24) is 14.8 Å². The molecule has 2 aromatic heterocycles. The number of esters is 2. The number of rotatable bonds is 7. The Morgan fingerprint density at radius 2 is 1.55 bits per heavy atom. The van der Waals surface area contributed by atoms with Gasteiger partial charge in [0.05, 0.1) is 25.0 Å². The Morgan fingerprint density at radius 1 is 0.929 bits per heavy atom. The molecule has 0 N–H and O–H groups in total. The summed E-state index contributed by atoms with van der Waals surface area (Å²) in [6.45, 7) is 11.7. The van der Waals surface area contributed by atoms with Crippen molar-refractivity contribution in [2.75, 3.05) is 12.9 Å². The molecule has 42 heavy (non-hydrogen) atoms. The largest absolute Gasteiger partial charge is 0.469 e. The fraction of sp³-hybridized carbons (Fsp3) is 0.344. The SMILES string of the molecule is COC(=O)C[C@@H]1N=C(c2ccc(-c3ccc(SCC(=O)OC(C)(C)C)cc3)cc2)c2c(sc(C)c2C)-n2c(C)nnc21. The van der Waals surface area contributed by atoms with Crippen LogP contribution in [0.5, 0.6) is 0 Å². The van der Waals surface area contributed by atoms with Crippen molar-refractivity contribution in [2.24, 2.45) is 4.99 Å². The number of aryl methyl sites for hydroxylation is 2. The summed E-state index contributed by atoms with van der Waals surface area (Å²) >= 11 is 3.14. The minimum atomic E-state index is -0.529. The summed E-state index contributed by atoms with van der Waals surface area (Å²) in [5.74, 6) is 1.08. The number of fused-ring (bicyclic) bond motifs is 3. The Hall–Kier alpha value is -3.76. The number of hydrogen-bond acceptors (Lipinski definition) is 9. The predicted molar refractivity (Wildman–Crippen MR) is 167 cm³/mol. The highest BCUT2D eigenvalue weighted by Crippen LogP contribution is 2.40. The second-order valence-corrected chi connectivity index (χ2v) is 13.4. The molecule has 2 aromatic carbocycles. The van der Waals surface area contributed by atoms with Crippen LogP contribution in [0.1, 0.15) is 66.5 Å². The molecule has 1 aliphatic rings. The van der Waals surface area contributed by atoms with Gasteiger partial charge in [-0.05, 0) is 70.4 Å². The van der Waals surface area contributed by atoms with E-state index < -0.39 is 11.6 Å². The van der Waals surface area contributed by atoms with Gasteiger partial charge in [0.15, 0.2) is 5.82 Å². The van der Waals surface area contributed by atoms with Gasteiger partial charge in [0.2, 0.25) is 0 Å². The molecule has 0 spiro atoms. The Balaban J connectivity index is 1.44. The Bertz CT molecular complexity index is 1660. The third kappa shape index (κ3) is 6.19. The summed E-state index contributed by atoms with van der Waals surface area (Å²) in [5.41, 5.74) is 5.61. The minimum absolute atomic E-state index is 0.0709. The number of aliphatic imine (C=N–C) groups is 1. The van der Waals surface area contributed by atoms with Gasteiger partial charge in [0, 0.05) is 20.9 Å². The minimum Gasteiger partial charge on any atom is -0.469 e. The van der Waals surface area contributed by atoms with Crippen molar-refractivity contribution < 1.29 is 19.1 Å². The van der Waals surface area contributed by atoms with E-state index in [-0.39, 0.29) is 24.1 Å². The van der Waals surface area contributed by atoms with E-state index in [1.54, 1.807) is 11.3 Å². The van der Waals surface area contributed by atoms with Gasteiger partial charge in [-0.1, -0.05) is 36.4 Å². The van der Waals surface area contributed by atoms with Gasteiger partial charge < -0.3 is 9.47 Å². The van der Waals surface area contributed by atoms with Crippen LogP contribution in [0.4, 0.5) is 0 Å². The molecule has 1 aliphatic heterocycles. The first-order chi connectivity index (χ1) is 19.9. The summed E-state index contributed by atoms with van der Waals surface area (Å²) in [7, 11) is 1.38. The standard InChI is InChI=1S/C32H34N4O4S2/c1-18-19(2)42-31-28(18)29(33-25(16-26(37)39-7)30-35-34-20(3)36(30)31)23-10-8-21(9-11-23)22-12-14-24(15-13-22)41-17-27(38)40-32(4,5)6/h8-15,25H,16-17H2,1-7H3/t25-/m0/s1. The maximum Gasteiger partial charge on any atom is 0.316 e. The average Bonchev–Trinajstić information content (AvgIpc) is 3.43. The molecule has 0 fully saturated rings. The number of carbonyl (C=O) groups excluding carboxylic acids is 2. The number of benzene rings is 2. The first-order valence-electron chi connectivity index (χ1n) is 13.7. The van der Waals surface area contributed by atoms with Crippen molar-refractivity contribution >= 4 is 40.7 Å². The van der Waals surface area contributed by atoms with Crippen LogP contribution in [0, 0.1) is 20.8 Å². The van der Waals surface area contributed by atoms with Crippen LogP contribution < -0.4 is 0 Å². The number of ether oxygens (including phenoxy) is 2. The first kappa shape index (κ1) is 29.7. The molecule has 5 rings (SSSR count). The van der Waals surface area contributed by atoms with Crippen LogP contribution in [0.3, 0.4) is 0 Å². The lowest BCUT2D eigenvalue weighted by molar-refractivity contribution is -0.151. The molecule has 0 unspecified atom stereocenters. The molecule has 218 valence electrons. The molecule has 1 atom stereocenters. The Kier molecular flexibility index (Phi) is 8.39. The van der Waals surface area contributed by atoms with E-state index in [1.807, 2.05) is 44.4 Å². The van der Waals surface area contributed by atoms with E-state index >= 15 is 0 Å². The number of methoxy groups -OCH3 is 1. The van der Waals surface area contributed by atoms with Crippen molar-refractivity contribution in [3.8, 4) is 16.1 Å². The zero-order valence-corrected chi connectivity index (χ0v) is 26.5. The topological polar surface area (TPSA) is 95.7 Å². The molecule has 0 saturated carbocycles. The highest BCUT2D eigenvalue weighted by atomic mass is 32.2.